The van der Waals surface area contributed by atoms with E-state index in [-0.39, 0.29) is 11.8 Å². The van der Waals surface area contributed by atoms with Gasteiger partial charge in [-0.25, -0.2) is 15.0 Å². The third kappa shape index (κ3) is 4.11. The summed E-state index contributed by atoms with van der Waals surface area (Å²) in [5.74, 6) is 2.62. The second-order valence-electron chi connectivity index (χ2n) is 6.40. The molecule has 7 nitrogen and oxygen atoms in total. The number of anilines is 2. The Hall–Kier alpha value is -2.54. The van der Waals surface area contributed by atoms with Crippen molar-refractivity contribution in [2.75, 3.05) is 32.0 Å². The molecule has 3 heterocycles. The quantitative estimate of drug-likeness (QED) is 0.863. The van der Waals surface area contributed by atoms with Crippen molar-refractivity contribution >= 4 is 17.5 Å². The van der Waals surface area contributed by atoms with Crippen LogP contribution in [0.1, 0.15) is 29.4 Å². The molecule has 1 amide bonds. The Morgan fingerprint density at radius 2 is 2.20 bits per heavy atom. The van der Waals surface area contributed by atoms with Crippen LogP contribution in [-0.4, -0.2) is 52.4 Å². The minimum absolute atomic E-state index is 0.125. The molecule has 25 heavy (non-hydrogen) atoms. The van der Waals surface area contributed by atoms with Gasteiger partial charge in [0, 0.05) is 37.0 Å². The first-order valence-corrected chi connectivity index (χ1v) is 8.53. The molecular formula is C18H24N6O. The van der Waals surface area contributed by atoms with Crippen LogP contribution in [0.25, 0.3) is 0 Å². The van der Waals surface area contributed by atoms with Crippen LogP contribution in [0.3, 0.4) is 0 Å². The summed E-state index contributed by atoms with van der Waals surface area (Å²) in [6.07, 6.45) is 2.65. The van der Waals surface area contributed by atoms with E-state index in [4.69, 9.17) is 0 Å². The Balaban J connectivity index is 1.76. The summed E-state index contributed by atoms with van der Waals surface area (Å²) in [5.41, 5.74) is 1.96. The third-order valence-corrected chi connectivity index (χ3v) is 4.36. The number of aromatic nitrogens is 3. The average Bonchev–Trinajstić information content (AvgIpc) is 3.07. The van der Waals surface area contributed by atoms with Crippen molar-refractivity contribution in [3.63, 3.8) is 0 Å². The van der Waals surface area contributed by atoms with Gasteiger partial charge in [-0.2, -0.15) is 0 Å². The largest absolute Gasteiger partial charge is 0.341 e. The lowest BCUT2D eigenvalue weighted by molar-refractivity contribution is -0.129. The minimum atomic E-state index is 0.125. The highest BCUT2D eigenvalue weighted by atomic mass is 16.2. The Bertz CT molecular complexity index is 763. The molecule has 2 aromatic heterocycles. The van der Waals surface area contributed by atoms with Crippen LogP contribution < -0.4 is 10.6 Å². The van der Waals surface area contributed by atoms with Crippen molar-refractivity contribution < 1.29 is 4.79 Å². The van der Waals surface area contributed by atoms with Gasteiger partial charge < -0.3 is 15.5 Å². The zero-order valence-electron chi connectivity index (χ0n) is 14.9. The van der Waals surface area contributed by atoms with Crippen LogP contribution in [0.4, 0.5) is 11.6 Å². The number of hydrogen-bond donors (Lipinski definition) is 2. The van der Waals surface area contributed by atoms with E-state index in [9.17, 15) is 4.79 Å². The van der Waals surface area contributed by atoms with Gasteiger partial charge >= 0.3 is 0 Å². The molecule has 1 saturated heterocycles. The third-order valence-electron chi connectivity index (χ3n) is 4.36. The van der Waals surface area contributed by atoms with Gasteiger partial charge in [-0.3, -0.25) is 4.79 Å². The van der Waals surface area contributed by atoms with Crippen molar-refractivity contribution in [1.29, 1.82) is 0 Å². The molecule has 3 rings (SSSR count). The molecular weight excluding hydrogens is 316 g/mol. The number of amides is 1. The fraction of sp³-hybridized carbons (Fsp3) is 0.444. The molecule has 7 heteroatoms. The molecule has 1 aliphatic heterocycles. The molecule has 0 spiro atoms. The van der Waals surface area contributed by atoms with E-state index in [1.165, 1.54) is 0 Å². The summed E-state index contributed by atoms with van der Waals surface area (Å²) in [4.78, 5) is 27.5. The van der Waals surface area contributed by atoms with Crippen LogP contribution in [0.15, 0.2) is 24.4 Å². The second-order valence-corrected chi connectivity index (χ2v) is 6.40. The number of likely N-dealkylation sites (tertiary alicyclic amines) is 1. The molecule has 0 aliphatic carbocycles. The maximum absolute atomic E-state index is 12.0. The van der Waals surface area contributed by atoms with Crippen LogP contribution >= 0.6 is 0 Å². The number of rotatable bonds is 5. The van der Waals surface area contributed by atoms with Gasteiger partial charge in [0.2, 0.25) is 5.91 Å². The predicted molar refractivity (Wildman–Crippen MR) is 96.9 cm³/mol. The molecule has 132 valence electrons. The predicted octanol–water partition coefficient (Wildman–Crippen LogP) is 1.77. The Morgan fingerprint density at radius 3 is 2.96 bits per heavy atom. The molecule has 1 aliphatic rings. The van der Waals surface area contributed by atoms with Gasteiger partial charge in [0.15, 0.2) is 0 Å². The number of carbonyl (C=O) groups excluding carboxylic acids is 1. The van der Waals surface area contributed by atoms with Crippen LogP contribution in [0.5, 0.6) is 0 Å². The van der Waals surface area contributed by atoms with Gasteiger partial charge in [-0.05, 0) is 38.9 Å². The number of carbonyl (C=O) groups is 1. The van der Waals surface area contributed by atoms with Crippen molar-refractivity contribution in [2.45, 2.75) is 26.2 Å². The van der Waals surface area contributed by atoms with Gasteiger partial charge in [-0.1, -0.05) is 6.07 Å². The summed E-state index contributed by atoms with van der Waals surface area (Å²) in [6.45, 7) is 5.76. The number of nitrogens with zero attached hydrogens (tertiary/aromatic N) is 4. The van der Waals surface area contributed by atoms with Gasteiger partial charge in [0.25, 0.3) is 0 Å². The summed E-state index contributed by atoms with van der Waals surface area (Å²) in [5, 5.41) is 6.19. The zero-order chi connectivity index (χ0) is 17.8. The highest BCUT2D eigenvalue weighted by molar-refractivity contribution is 5.78. The van der Waals surface area contributed by atoms with Crippen molar-refractivity contribution in [1.82, 2.24) is 25.2 Å². The van der Waals surface area contributed by atoms with Crippen LogP contribution in [0, 0.1) is 13.8 Å². The summed E-state index contributed by atoms with van der Waals surface area (Å²) in [7, 11) is 1.78. The van der Waals surface area contributed by atoms with Gasteiger partial charge in [0.1, 0.15) is 17.5 Å². The lowest BCUT2D eigenvalue weighted by Crippen LogP contribution is -2.35. The average molecular weight is 340 g/mol. The zero-order valence-corrected chi connectivity index (χ0v) is 14.9. The van der Waals surface area contributed by atoms with E-state index in [0.717, 1.165) is 41.7 Å². The molecule has 0 saturated carbocycles. The van der Waals surface area contributed by atoms with Crippen molar-refractivity contribution in [2.24, 2.45) is 0 Å². The lowest BCUT2D eigenvalue weighted by Gasteiger charge is -2.16. The number of hydrogen-bond acceptors (Lipinski definition) is 6. The monoisotopic (exact) mass is 340 g/mol. The Morgan fingerprint density at radius 1 is 1.36 bits per heavy atom. The minimum Gasteiger partial charge on any atom is -0.341 e. The molecule has 2 N–H and O–H groups in total. The lowest BCUT2D eigenvalue weighted by atomic mass is 10.1. The molecule has 1 fully saturated rings. The SMILES string of the molecule is CNCC(=O)N1CCC(c2nc(C)cc(Nc3ncccc3C)n2)C1. The molecule has 0 aromatic carbocycles. The maximum Gasteiger partial charge on any atom is 0.236 e. The van der Waals surface area contributed by atoms with E-state index in [1.54, 1.807) is 13.2 Å². The van der Waals surface area contributed by atoms with E-state index < -0.39 is 0 Å². The highest BCUT2D eigenvalue weighted by Crippen LogP contribution is 2.26. The molecule has 2 aromatic rings. The second kappa shape index (κ2) is 7.57. The molecule has 0 radical (unpaired) electrons. The fourth-order valence-electron chi connectivity index (χ4n) is 3.04. The van der Waals surface area contributed by atoms with Gasteiger partial charge in [-0.15, -0.1) is 0 Å². The van der Waals surface area contributed by atoms with Crippen LogP contribution in [0.2, 0.25) is 0 Å². The molecule has 1 atom stereocenters. The van der Waals surface area contributed by atoms with E-state index in [2.05, 4.69) is 25.6 Å². The number of aryl methyl sites for hydroxylation is 2. The number of nitrogens with one attached hydrogen (secondary N) is 2. The van der Waals surface area contributed by atoms with E-state index >= 15 is 0 Å². The smallest absolute Gasteiger partial charge is 0.236 e. The molecule has 1 unspecified atom stereocenters. The standard InChI is InChI=1S/C18H24N6O/c1-12-5-4-7-20-17(12)22-15-9-13(2)21-18(23-15)14-6-8-24(11-14)16(25)10-19-3/h4-5,7,9,14,19H,6,8,10-11H2,1-3H3,(H,20,21,22,23). The van der Waals surface area contributed by atoms with Crippen molar-refractivity contribution in [3.8, 4) is 0 Å². The first-order chi connectivity index (χ1) is 12.1. The van der Waals surface area contributed by atoms with E-state index in [1.807, 2.05) is 36.9 Å². The maximum atomic E-state index is 12.0. The number of pyridine rings is 1. The summed E-state index contributed by atoms with van der Waals surface area (Å²) in [6, 6.07) is 5.83. The van der Waals surface area contributed by atoms with Gasteiger partial charge in [0.05, 0.1) is 6.54 Å². The Labute approximate surface area is 147 Å². The topological polar surface area (TPSA) is 83.0 Å². The summed E-state index contributed by atoms with van der Waals surface area (Å²) < 4.78 is 0. The number of likely N-dealkylation sites (N-methyl/N-ethyl adjacent to an activating group) is 1. The first-order valence-electron chi connectivity index (χ1n) is 8.53. The van der Waals surface area contributed by atoms with E-state index in [0.29, 0.717) is 13.1 Å². The fourth-order valence-corrected chi connectivity index (χ4v) is 3.04. The normalized spacial score (nSPS) is 16.9. The summed E-state index contributed by atoms with van der Waals surface area (Å²) >= 11 is 0. The highest BCUT2D eigenvalue weighted by Gasteiger charge is 2.29. The van der Waals surface area contributed by atoms with Crippen LogP contribution in [-0.2, 0) is 4.79 Å². The first kappa shape index (κ1) is 17.3. The van der Waals surface area contributed by atoms with Crippen molar-refractivity contribution in [3.05, 3.63) is 41.5 Å². The molecule has 0 bridgehead atoms. The Kier molecular flexibility index (Phi) is 5.23.